The summed E-state index contributed by atoms with van der Waals surface area (Å²) < 4.78 is 0. The number of benzene rings is 1. The number of nitrogens with one attached hydrogen (secondary N) is 2. The quantitative estimate of drug-likeness (QED) is 0.590. The van der Waals surface area contributed by atoms with Crippen molar-refractivity contribution in [2.24, 2.45) is 0 Å². The van der Waals surface area contributed by atoms with E-state index in [9.17, 15) is 5.11 Å². The first-order chi connectivity index (χ1) is 12.7. The van der Waals surface area contributed by atoms with E-state index in [2.05, 4.69) is 25.6 Å². The number of halogens is 1. The molecule has 1 aromatic carbocycles. The molecule has 3 aromatic rings. The molecule has 0 radical (unpaired) electrons. The minimum absolute atomic E-state index is 0.0143. The number of rotatable bonds is 7. The number of aromatic nitrogens is 3. The Morgan fingerprint density at radius 1 is 1.08 bits per heavy atom. The normalized spacial score (nSPS) is 11.8. The van der Waals surface area contributed by atoms with Crippen molar-refractivity contribution in [1.82, 2.24) is 15.0 Å². The highest BCUT2D eigenvalue weighted by Crippen LogP contribution is 2.21. The van der Waals surface area contributed by atoms with E-state index in [0.29, 0.717) is 29.0 Å². The fraction of sp³-hybridized carbons (Fsp3) is 0.211. The SMILES string of the molecule is C[C@H](CO)Nc1nc(NCc2ccccc2Cl)cc(-c2ccccn2)n1. The number of aliphatic hydroxyl groups excluding tert-OH is 1. The van der Waals surface area contributed by atoms with Gasteiger partial charge >= 0.3 is 0 Å². The Morgan fingerprint density at radius 3 is 2.62 bits per heavy atom. The van der Waals surface area contributed by atoms with E-state index in [4.69, 9.17) is 11.6 Å². The summed E-state index contributed by atoms with van der Waals surface area (Å²) in [6.45, 7) is 2.38. The monoisotopic (exact) mass is 369 g/mol. The summed E-state index contributed by atoms with van der Waals surface area (Å²) in [5.74, 6) is 1.07. The van der Waals surface area contributed by atoms with E-state index < -0.39 is 0 Å². The maximum atomic E-state index is 9.27. The molecule has 7 heteroatoms. The number of nitrogens with zero attached hydrogens (tertiary/aromatic N) is 3. The first kappa shape index (κ1) is 18.1. The summed E-state index contributed by atoms with van der Waals surface area (Å²) in [7, 11) is 0. The molecule has 0 saturated heterocycles. The zero-order valence-corrected chi connectivity index (χ0v) is 15.1. The van der Waals surface area contributed by atoms with Gasteiger partial charge in [0.1, 0.15) is 5.82 Å². The number of anilines is 2. The number of hydrogen-bond donors (Lipinski definition) is 3. The third-order valence-corrected chi connectivity index (χ3v) is 4.09. The second-order valence-electron chi connectivity index (χ2n) is 5.85. The van der Waals surface area contributed by atoms with Gasteiger partial charge in [-0.3, -0.25) is 4.98 Å². The molecule has 2 heterocycles. The molecule has 0 amide bonds. The van der Waals surface area contributed by atoms with Crippen LogP contribution in [-0.2, 0) is 6.54 Å². The van der Waals surface area contributed by atoms with Crippen molar-refractivity contribution < 1.29 is 5.11 Å². The van der Waals surface area contributed by atoms with E-state index in [0.717, 1.165) is 11.3 Å². The van der Waals surface area contributed by atoms with Gasteiger partial charge in [-0.05, 0) is 30.7 Å². The van der Waals surface area contributed by atoms with Crippen molar-refractivity contribution in [3.63, 3.8) is 0 Å². The maximum absolute atomic E-state index is 9.27. The van der Waals surface area contributed by atoms with Crippen molar-refractivity contribution in [2.75, 3.05) is 17.2 Å². The van der Waals surface area contributed by atoms with Gasteiger partial charge in [-0.1, -0.05) is 35.9 Å². The molecule has 134 valence electrons. The van der Waals surface area contributed by atoms with Gasteiger partial charge in [-0.15, -0.1) is 0 Å². The van der Waals surface area contributed by atoms with Crippen LogP contribution in [0.3, 0.4) is 0 Å². The molecule has 3 N–H and O–H groups in total. The van der Waals surface area contributed by atoms with Gasteiger partial charge in [0, 0.05) is 29.9 Å². The summed E-state index contributed by atoms with van der Waals surface area (Å²) >= 11 is 6.21. The highest BCUT2D eigenvalue weighted by atomic mass is 35.5. The van der Waals surface area contributed by atoms with Crippen LogP contribution in [0.1, 0.15) is 12.5 Å². The predicted molar refractivity (Wildman–Crippen MR) is 104 cm³/mol. The van der Waals surface area contributed by atoms with Gasteiger partial charge in [0.05, 0.1) is 18.0 Å². The van der Waals surface area contributed by atoms with Gasteiger partial charge in [0.15, 0.2) is 0 Å². The van der Waals surface area contributed by atoms with Crippen LogP contribution in [0.4, 0.5) is 11.8 Å². The molecule has 0 unspecified atom stereocenters. The smallest absolute Gasteiger partial charge is 0.225 e. The van der Waals surface area contributed by atoms with Crippen molar-refractivity contribution in [1.29, 1.82) is 0 Å². The summed E-state index contributed by atoms with van der Waals surface area (Å²) in [6, 6.07) is 15.0. The average Bonchev–Trinajstić information content (AvgIpc) is 2.68. The van der Waals surface area contributed by atoms with E-state index >= 15 is 0 Å². The highest BCUT2D eigenvalue weighted by Gasteiger charge is 2.10. The minimum atomic E-state index is -0.162. The molecule has 0 aliphatic heterocycles. The second-order valence-corrected chi connectivity index (χ2v) is 6.26. The Morgan fingerprint density at radius 2 is 1.88 bits per heavy atom. The van der Waals surface area contributed by atoms with Crippen molar-refractivity contribution >= 4 is 23.4 Å². The fourth-order valence-corrected chi connectivity index (χ4v) is 2.54. The molecule has 0 bridgehead atoms. The lowest BCUT2D eigenvalue weighted by Gasteiger charge is -2.14. The van der Waals surface area contributed by atoms with Crippen molar-refractivity contribution in [3.05, 3.63) is 65.3 Å². The van der Waals surface area contributed by atoms with Crippen LogP contribution in [0.2, 0.25) is 5.02 Å². The van der Waals surface area contributed by atoms with Gasteiger partial charge in [0.25, 0.3) is 0 Å². The molecule has 1 atom stereocenters. The number of aliphatic hydroxyl groups is 1. The van der Waals surface area contributed by atoms with Crippen molar-refractivity contribution in [3.8, 4) is 11.4 Å². The lowest BCUT2D eigenvalue weighted by atomic mass is 10.2. The molecule has 0 aliphatic rings. The zero-order valence-electron chi connectivity index (χ0n) is 14.4. The van der Waals surface area contributed by atoms with Gasteiger partial charge in [-0.25, -0.2) is 4.98 Å². The Balaban J connectivity index is 1.88. The molecular formula is C19H20ClN5O. The van der Waals surface area contributed by atoms with Crippen LogP contribution in [-0.4, -0.2) is 32.7 Å². The Labute approximate surface area is 157 Å². The second kappa shape index (κ2) is 8.60. The van der Waals surface area contributed by atoms with Gasteiger partial charge < -0.3 is 15.7 Å². The predicted octanol–water partition coefficient (Wildman–Crippen LogP) is 3.60. The first-order valence-corrected chi connectivity index (χ1v) is 8.68. The third-order valence-electron chi connectivity index (χ3n) is 3.72. The molecule has 26 heavy (non-hydrogen) atoms. The van der Waals surface area contributed by atoms with E-state index in [1.807, 2.05) is 55.5 Å². The lowest BCUT2D eigenvalue weighted by molar-refractivity contribution is 0.281. The Kier molecular flexibility index (Phi) is 5.99. The molecule has 0 spiro atoms. The lowest BCUT2D eigenvalue weighted by Crippen LogP contribution is -2.21. The largest absolute Gasteiger partial charge is 0.394 e. The molecule has 3 rings (SSSR count). The fourth-order valence-electron chi connectivity index (χ4n) is 2.34. The molecule has 0 saturated carbocycles. The maximum Gasteiger partial charge on any atom is 0.225 e. The highest BCUT2D eigenvalue weighted by molar-refractivity contribution is 6.31. The van der Waals surface area contributed by atoms with Crippen LogP contribution in [0, 0.1) is 0 Å². The zero-order chi connectivity index (χ0) is 18.4. The summed E-state index contributed by atoms with van der Waals surface area (Å²) in [5.41, 5.74) is 2.41. The van der Waals surface area contributed by atoms with Crippen LogP contribution in [0.25, 0.3) is 11.4 Å². The van der Waals surface area contributed by atoms with Crippen LogP contribution in [0.15, 0.2) is 54.7 Å². The van der Waals surface area contributed by atoms with Crippen molar-refractivity contribution in [2.45, 2.75) is 19.5 Å². The van der Waals surface area contributed by atoms with Gasteiger partial charge in [0.2, 0.25) is 5.95 Å². The van der Waals surface area contributed by atoms with E-state index in [-0.39, 0.29) is 12.6 Å². The minimum Gasteiger partial charge on any atom is -0.394 e. The third kappa shape index (κ3) is 4.68. The van der Waals surface area contributed by atoms with Gasteiger partial charge in [-0.2, -0.15) is 4.98 Å². The summed E-state index contributed by atoms with van der Waals surface area (Å²) in [5, 5.41) is 16.3. The molecule has 6 nitrogen and oxygen atoms in total. The topological polar surface area (TPSA) is 83.0 Å². The molecular weight excluding hydrogens is 350 g/mol. The summed E-state index contributed by atoms with van der Waals surface area (Å²) in [6.07, 6.45) is 1.72. The Hall–Kier alpha value is -2.70. The average molecular weight is 370 g/mol. The van der Waals surface area contributed by atoms with Crippen LogP contribution < -0.4 is 10.6 Å². The summed E-state index contributed by atoms with van der Waals surface area (Å²) in [4.78, 5) is 13.3. The van der Waals surface area contributed by atoms with E-state index in [1.54, 1.807) is 6.20 Å². The molecule has 0 aliphatic carbocycles. The standard InChI is InChI=1S/C19H20ClN5O/c1-13(12-26)23-19-24-17(16-8-4-5-9-21-16)10-18(25-19)22-11-14-6-2-3-7-15(14)20/h2-10,13,26H,11-12H2,1H3,(H2,22,23,24,25)/t13-/m1/s1. The van der Waals surface area contributed by atoms with E-state index in [1.165, 1.54) is 0 Å². The molecule has 2 aromatic heterocycles. The molecule has 0 fully saturated rings. The van der Waals surface area contributed by atoms with Crippen LogP contribution >= 0.6 is 11.6 Å². The van der Waals surface area contributed by atoms with Crippen LogP contribution in [0.5, 0.6) is 0 Å². The number of pyridine rings is 1. The Bertz CT molecular complexity index is 860. The number of hydrogen-bond acceptors (Lipinski definition) is 6. The first-order valence-electron chi connectivity index (χ1n) is 8.31.